The number of hydrogen-bond acceptors (Lipinski definition) is 5. The molecule has 0 spiro atoms. The fourth-order valence-corrected chi connectivity index (χ4v) is 3.61. The Bertz CT molecular complexity index is 1290. The molecule has 1 saturated heterocycles. The zero-order chi connectivity index (χ0) is 21.4. The summed E-state index contributed by atoms with van der Waals surface area (Å²) in [7, 11) is 0. The number of nitro groups is 1. The molecule has 6 nitrogen and oxygen atoms in total. The Morgan fingerprint density at radius 1 is 0.710 bits per heavy atom. The lowest BCUT2D eigenvalue weighted by atomic mass is 10.0. The minimum absolute atomic E-state index is 0.0597. The highest BCUT2D eigenvalue weighted by Crippen LogP contribution is 2.51. The molecule has 1 fully saturated rings. The largest absolute Gasteiger partial charge is 0.456 e. The highest BCUT2D eigenvalue weighted by Gasteiger charge is 2.41. The standard InChI is InChI=1S/C25H17NO5/c27-21-14-22(16-4-2-1-3-5-16)30-23(15-21)17-6-8-18(9-7-17)24-25(31-24)19-10-12-20(13-11-19)26(28)29/h1-15,24-25H. The molecule has 6 heteroatoms. The Kier molecular flexibility index (Phi) is 4.69. The Hall–Kier alpha value is -4.03. The SMILES string of the molecule is O=c1cc(-c2ccccc2)oc(-c2ccc(C3OC3c3ccc([N+](=O)[O-])cc3)cc2)c1. The summed E-state index contributed by atoms with van der Waals surface area (Å²) in [6.07, 6.45) is -0.218. The van der Waals surface area contributed by atoms with E-state index in [1.807, 2.05) is 54.6 Å². The van der Waals surface area contributed by atoms with E-state index in [9.17, 15) is 14.9 Å². The van der Waals surface area contributed by atoms with Gasteiger partial charge in [-0.3, -0.25) is 14.9 Å². The lowest BCUT2D eigenvalue weighted by Crippen LogP contribution is -1.98. The molecule has 1 aromatic heterocycles. The van der Waals surface area contributed by atoms with Crippen molar-refractivity contribution in [2.45, 2.75) is 12.2 Å². The third kappa shape index (κ3) is 3.89. The van der Waals surface area contributed by atoms with E-state index in [2.05, 4.69) is 0 Å². The molecular formula is C25H17NO5. The van der Waals surface area contributed by atoms with Crippen LogP contribution in [0.2, 0.25) is 0 Å². The van der Waals surface area contributed by atoms with Gasteiger partial charge in [0.2, 0.25) is 0 Å². The minimum atomic E-state index is -0.418. The van der Waals surface area contributed by atoms with Gasteiger partial charge in [-0.2, -0.15) is 0 Å². The van der Waals surface area contributed by atoms with E-state index in [4.69, 9.17) is 9.15 Å². The van der Waals surface area contributed by atoms with Crippen molar-refractivity contribution in [3.63, 3.8) is 0 Å². The zero-order valence-corrected chi connectivity index (χ0v) is 16.3. The third-order valence-electron chi connectivity index (χ3n) is 5.27. The van der Waals surface area contributed by atoms with Crippen molar-refractivity contribution in [1.29, 1.82) is 0 Å². The van der Waals surface area contributed by atoms with E-state index < -0.39 is 4.92 Å². The molecule has 152 valence electrons. The summed E-state index contributed by atoms with van der Waals surface area (Å²) < 4.78 is 11.8. The van der Waals surface area contributed by atoms with Gasteiger partial charge in [0.15, 0.2) is 5.43 Å². The summed E-state index contributed by atoms with van der Waals surface area (Å²) >= 11 is 0. The normalized spacial score (nSPS) is 17.3. The maximum Gasteiger partial charge on any atom is 0.269 e. The van der Waals surface area contributed by atoms with Gasteiger partial charge in [0.1, 0.15) is 23.7 Å². The van der Waals surface area contributed by atoms with Crippen LogP contribution in [0.15, 0.2) is 100 Å². The molecule has 3 aromatic carbocycles. The molecule has 4 aromatic rings. The van der Waals surface area contributed by atoms with E-state index in [-0.39, 0.29) is 23.3 Å². The molecular weight excluding hydrogens is 394 g/mol. The van der Waals surface area contributed by atoms with Crippen molar-refractivity contribution in [1.82, 2.24) is 0 Å². The van der Waals surface area contributed by atoms with Gasteiger partial charge in [-0.25, -0.2) is 0 Å². The number of epoxide rings is 1. The smallest absolute Gasteiger partial charge is 0.269 e. The molecule has 0 radical (unpaired) electrons. The highest BCUT2D eigenvalue weighted by molar-refractivity contribution is 5.63. The highest BCUT2D eigenvalue weighted by atomic mass is 16.6. The molecule has 2 unspecified atom stereocenters. The Balaban J connectivity index is 1.36. The van der Waals surface area contributed by atoms with Gasteiger partial charge >= 0.3 is 0 Å². The Labute approximate surface area is 177 Å². The van der Waals surface area contributed by atoms with E-state index in [0.29, 0.717) is 11.5 Å². The summed E-state index contributed by atoms with van der Waals surface area (Å²) in [6.45, 7) is 0. The van der Waals surface area contributed by atoms with Crippen molar-refractivity contribution in [2.75, 3.05) is 0 Å². The molecule has 5 rings (SSSR count). The lowest BCUT2D eigenvalue weighted by molar-refractivity contribution is -0.384. The van der Waals surface area contributed by atoms with Gasteiger partial charge in [0, 0.05) is 35.4 Å². The van der Waals surface area contributed by atoms with E-state index in [1.165, 1.54) is 24.3 Å². The second-order valence-electron chi connectivity index (χ2n) is 7.34. The lowest BCUT2D eigenvalue weighted by Gasteiger charge is -2.06. The summed E-state index contributed by atoms with van der Waals surface area (Å²) in [5.74, 6) is 1.03. The number of hydrogen-bond donors (Lipinski definition) is 0. The van der Waals surface area contributed by atoms with Crippen LogP contribution >= 0.6 is 0 Å². The first-order valence-corrected chi connectivity index (χ1v) is 9.79. The van der Waals surface area contributed by atoms with Crippen molar-refractivity contribution in [3.05, 3.63) is 122 Å². The van der Waals surface area contributed by atoms with Crippen molar-refractivity contribution in [3.8, 4) is 22.6 Å². The van der Waals surface area contributed by atoms with E-state index >= 15 is 0 Å². The fourth-order valence-electron chi connectivity index (χ4n) is 3.61. The molecule has 0 amide bonds. The van der Waals surface area contributed by atoms with Gasteiger partial charge in [-0.1, -0.05) is 54.6 Å². The predicted octanol–water partition coefficient (Wildman–Crippen LogP) is 5.69. The average Bonchev–Trinajstić information content (AvgIpc) is 3.60. The third-order valence-corrected chi connectivity index (χ3v) is 5.27. The van der Waals surface area contributed by atoms with Crippen LogP contribution in [0.4, 0.5) is 5.69 Å². The maximum atomic E-state index is 12.2. The molecule has 0 aliphatic carbocycles. The van der Waals surface area contributed by atoms with Gasteiger partial charge in [0.05, 0.1) is 4.92 Å². The summed E-state index contributed by atoms with van der Waals surface area (Å²) in [6, 6.07) is 26.6. The second kappa shape index (κ2) is 7.66. The quantitative estimate of drug-likeness (QED) is 0.239. The summed E-state index contributed by atoms with van der Waals surface area (Å²) in [5.41, 5.74) is 3.48. The van der Waals surface area contributed by atoms with Gasteiger partial charge < -0.3 is 9.15 Å². The molecule has 2 atom stereocenters. The maximum absolute atomic E-state index is 12.2. The zero-order valence-electron chi connectivity index (χ0n) is 16.3. The van der Waals surface area contributed by atoms with Crippen molar-refractivity contribution < 1.29 is 14.1 Å². The van der Waals surface area contributed by atoms with Crippen LogP contribution in [0, 0.1) is 10.1 Å². The van der Waals surface area contributed by atoms with Crippen molar-refractivity contribution >= 4 is 5.69 Å². The van der Waals surface area contributed by atoms with Crippen LogP contribution in [0.1, 0.15) is 23.3 Å². The van der Waals surface area contributed by atoms with Crippen LogP contribution in [0.25, 0.3) is 22.6 Å². The number of non-ortho nitro benzene ring substituents is 1. The molecule has 0 bridgehead atoms. The predicted molar refractivity (Wildman–Crippen MR) is 116 cm³/mol. The fraction of sp³-hybridized carbons (Fsp3) is 0.0800. The topological polar surface area (TPSA) is 85.9 Å². The van der Waals surface area contributed by atoms with Crippen LogP contribution < -0.4 is 5.43 Å². The average molecular weight is 411 g/mol. The number of nitrogens with zero attached hydrogens (tertiary/aromatic N) is 1. The minimum Gasteiger partial charge on any atom is -0.456 e. The number of ether oxygens (including phenoxy) is 1. The monoisotopic (exact) mass is 411 g/mol. The molecule has 0 N–H and O–H groups in total. The molecule has 31 heavy (non-hydrogen) atoms. The number of rotatable bonds is 5. The van der Waals surface area contributed by atoms with Crippen LogP contribution in [0.3, 0.4) is 0 Å². The van der Waals surface area contributed by atoms with Crippen molar-refractivity contribution in [2.24, 2.45) is 0 Å². The van der Waals surface area contributed by atoms with Gasteiger partial charge in [0.25, 0.3) is 5.69 Å². The molecule has 1 aliphatic rings. The van der Waals surface area contributed by atoms with Gasteiger partial charge in [-0.05, 0) is 23.3 Å². The Morgan fingerprint density at radius 2 is 1.23 bits per heavy atom. The molecule has 1 aliphatic heterocycles. The molecule has 0 saturated carbocycles. The molecule has 2 heterocycles. The first-order chi connectivity index (χ1) is 15.1. The van der Waals surface area contributed by atoms with E-state index in [0.717, 1.165) is 22.3 Å². The van der Waals surface area contributed by atoms with Crippen LogP contribution in [0.5, 0.6) is 0 Å². The summed E-state index contributed by atoms with van der Waals surface area (Å²) in [4.78, 5) is 22.6. The second-order valence-corrected chi connectivity index (χ2v) is 7.34. The first-order valence-electron chi connectivity index (χ1n) is 9.79. The van der Waals surface area contributed by atoms with E-state index in [1.54, 1.807) is 12.1 Å². The summed E-state index contributed by atoms with van der Waals surface area (Å²) in [5, 5.41) is 10.8. The van der Waals surface area contributed by atoms with Crippen LogP contribution in [-0.2, 0) is 4.74 Å². The number of nitro benzene ring substituents is 1. The number of benzene rings is 3. The first kappa shape index (κ1) is 19.0. The van der Waals surface area contributed by atoms with Gasteiger partial charge in [-0.15, -0.1) is 0 Å². The van der Waals surface area contributed by atoms with Crippen LogP contribution in [-0.4, -0.2) is 4.92 Å². The Morgan fingerprint density at radius 3 is 1.77 bits per heavy atom.